The summed E-state index contributed by atoms with van der Waals surface area (Å²) in [6.07, 6.45) is 6.03. The van der Waals surface area contributed by atoms with Crippen LogP contribution in [0.2, 0.25) is 0 Å². The summed E-state index contributed by atoms with van der Waals surface area (Å²) >= 11 is -0.826. The summed E-state index contributed by atoms with van der Waals surface area (Å²) in [6.45, 7) is 15.4. The molecule has 2 radical (unpaired) electrons. The first-order chi connectivity index (χ1) is 52.5. The number of nitrogens with one attached hydrogen (secondary N) is 4. The average Bonchev–Trinajstić information content (AvgIpc) is 1.55. The third kappa shape index (κ3) is 19.4. The average molecular weight is 1610 g/mol. The van der Waals surface area contributed by atoms with Crippen LogP contribution >= 0.6 is 17.8 Å². The molecule has 33 nitrogen and oxygen atoms in total. The van der Waals surface area contributed by atoms with Gasteiger partial charge >= 0.3 is 54.8 Å². The number of methoxy groups -OCH3 is 3. The van der Waals surface area contributed by atoms with Gasteiger partial charge in [0.1, 0.15) is 34.5 Å². The van der Waals surface area contributed by atoms with Gasteiger partial charge in [-0.15, -0.1) is 0 Å². The summed E-state index contributed by atoms with van der Waals surface area (Å²) in [5.74, 6) is 3.98. The number of piperazine rings is 3. The van der Waals surface area contributed by atoms with Crippen molar-refractivity contribution < 1.29 is 38.1 Å². The summed E-state index contributed by atoms with van der Waals surface area (Å²) in [5.41, 5.74) is 14.1. The SMILES string of the molecule is C=CC(=O)Nc1cccc(Oc2nc(Nc3ccc(N4CCN(C)CC4)cc3OC)nc3ccnn23)c1.COc1cc(N2CCN(C)CC2)ccc1Nc1nc(Oc2cccc(N)c2)n2nccc2n1.COc1cc(N2CCN(C)CC2)ccc1Nc1nc(Oc2cccc([N+](=O)[O-])c2)n2nccc2n1.[Cl][Sn][Cl]. The minimum atomic E-state index is -0.826. The number of aromatic nitrogens is 12. The molecule has 3 saturated heterocycles. The fourth-order valence-electron chi connectivity index (χ4n) is 11.6. The summed E-state index contributed by atoms with van der Waals surface area (Å²) < 4.78 is 39.3. The molecule has 0 atom stereocenters. The van der Waals surface area contributed by atoms with E-state index in [4.69, 9.17) is 52.0 Å². The van der Waals surface area contributed by atoms with E-state index in [1.54, 1.807) is 113 Å². The number of ether oxygens (including phenoxy) is 6. The van der Waals surface area contributed by atoms with Crippen LogP contribution < -0.4 is 70.1 Å². The Morgan fingerprint density at radius 2 is 0.843 bits per heavy atom. The van der Waals surface area contributed by atoms with Crippen LogP contribution in [0.15, 0.2) is 177 Å². The van der Waals surface area contributed by atoms with Gasteiger partial charge in [0.15, 0.2) is 16.9 Å². The number of nitrogens with two attached hydrogens (primary N) is 1. The fourth-order valence-corrected chi connectivity index (χ4v) is 11.6. The number of non-ortho nitro benzene ring substituents is 1. The van der Waals surface area contributed by atoms with E-state index in [9.17, 15) is 14.9 Å². The van der Waals surface area contributed by atoms with Crippen LogP contribution in [0.25, 0.3) is 16.9 Å². The Hall–Kier alpha value is -11.8. The number of carbonyl (C=O) groups is 1. The number of nitro benzene ring substituents is 1. The molecule has 0 spiro atoms. The van der Waals surface area contributed by atoms with Gasteiger partial charge in [-0.05, 0) is 93.9 Å². The Balaban J connectivity index is 0.000000149. The topological polar surface area (TPSA) is 338 Å². The van der Waals surface area contributed by atoms with Crippen molar-refractivity contribution in [2.45, 2.75) is 0 Å². The third-order valence-corrected chi connectivity index (χ3v) is 17.4. The maximum atomic E-state index is 11.7. The number of anilines is 11. The number of rotatable bonds is 21. The molecule has 3 aliphatic rings. The molecule has 6 aromatic carbocycles. The number of likely N-dealkylation sites (N-methyl/N-ethyl adjacent to an activating group) is 3. The van der Waals surface area contributed by atoms with Crippen molar-refractivity contribution in [2.75, 3.05) is 163 Å². The normalized spacial score (nSPS) is 13.9. The Labute approximate surface area is 638 Å². The Kier molecular flexibility index (Phi) is 25.3. The maximum absolute atomic E-state index is 11.7. The molecule has 9 heterocycles. The van der Waals surface area contributed by atoms with E-state index in [1.165, 1.54) is 31.8 Å². The first-order valence-corrected chi connectivity index (χ1v) is 41.2. The molecule has 15 rings (SSSR count). The second kappa shape index (κ2) is 36.0. The molecule has 6 N–H and O–H groups in total. The first kappa shape index (κ1) is 75.9. The molecule has 108 heavy (non-hydrogen) atoms. The van der Waals surface area contributed by atoms with E-state index in [0.717, 1.165) is 107 Å². The van der Waals surface area contributed by atoms with Gasteiger partial charge in [-0.25, -0.2) is 0 Å². The molecular weight excluding hydrogens is 1530 g/mol. The minimum absolute atomic E-state index is 0.0863. The van der Waals surface area contributed by atoms with Gasteiger partial charge in [0.05, 0.1) is 68.0 Å². The fraction of sp³-hybridized carbons (Fsp3) is 0.250. The summed E-state index contributed by atoms with van der Waals surface area (Å²) in [7, 11) is 21.2. The summed E-state index contributed by atoms with van der Waals surface area (Å²) in [5, 5.41) is 36.3. The number of nitrogen functional groups attached to an aromatic ring is 1. The van der Waals surface area contributed by atoms with Crippen molar-refractivity contribution in [1.82, 2.24) is 73.4 Å². The van der Waals surface area contributed by atoms with Gasteiger partial charge in [-0.3, -0.25) is 14.9 Å². The van der Waals surface area contributed by atoms with Crippen LogP contribution in [0.3, 0.4) is 0 Å². The number of nitro groups is 1. The van der Waals surface area contributed by atoms with Crippen LogP contribution in [0.4, 0.5) is 69.0 Å². The van der Waals surface area contributed by atoms with Crippen molar-refractivity contribution in [3.8, 4) is 52.5 Å². The molecule has 0 saturated carbocycles. The van der Waals surface area contributed by atoms with E-state index >= 15 is 0 Å². The number of amides is 1. The van der Waals surface area contributed by atoms with Crippen molar-refractivity contribution >= 4 is 129 Å². The predicted molar refractivity (Wildman–Crippen MR) is 417 cm³/mol. The molecule has 6 aromatic heterocycles. The molecule has 3 aliphatic heterocycles. The number of hydrogen-bond acceptors (Lipinski definition) is 28. The Morgan fingerprint density at radius 3 is 1.19 bits per heavy atom. The second-order valence-corrected chi connectivity index (χ2v) is 28.9. The van der Waals surface area contributed by atoms with Gasteiger partial charge in [-0.1, -0.05) is 24.8 Å². The van der Waals surface area contributed by atoms with Crippen LogP contribution in [-0.2, 0) is 4.79 Å². The van der Waals surface area contributed by atoms with E-state index in [-0.39, 0.29) is 41.3 Å². The second-order valence-electron chi connectivity index (χ2n) is 24.6. The molecular formula is C72H78Cl2N24O9Sn. The number of fused-ring (bicyclic) bond motifs is 3. The van der Waals surface area contributed by atoms with Gasteiger partial charge in [-0.2, -0.15) is 58.7 Å². The molecule has 0 unspecified atom stereocenters. The number of hydrogen-bond donors (Lipinski definition) is 5. The van der Waals surface area contributed by atoms with E-state index in [0.29, 0.717) is 74.6 Å². The molecule has 0 bridgehead atoms. The summed E-state index contributed by atoms with van der Waals surface area (Å²) in [6, 6.07) is 43.9. The number of halogens is 2. The van der Waals surface area contributed by atoms with E-state index < -0.39 is 23.8 Å². The van der Waals surface area contributed by atoms with Crippen molar-refractivity contribution in [3.05, 3.63) is 187 Å². The molecule has 0 aliphatic carbocycles. The van der Waals surface area contributed by atoms with Crippen LogP contribution in [0, 0.1) is 10.1 Å². The van der Waals surface area contributed by atoms with Crippen LogP contribution in [0.1, 0.15) is 0 Å². The van der Waals surface area contributed by atoms with E-state index in [1.807, 2.05) is 48.5 Å². The van der Waals surface area contributed by atoms with Crippen molar-refractivity contribution in [3.63, 3.8) is 0 Å². The molecule has 12 aromatic rings. The number of nitrogens with zero attached hydrogens (tertiary/aromatic N) is 19. The van der Waals surface area contributed by atoms with Gasteiger partial charge in [0, 0.05) is 162 Å². The molecule has 36 heteroatoms. The molecule has 558 valence electrons. The first-order valence-electron chi connectivity index (χ1n) is 34.0. The third-order valence-electron chi connectivity index (χ3n) is 17.4. The number of benzene rings is 6. The predicted octanol–water partition coefficient (Wildman–Crippen LogP) is 10.9. The van der Waals surface area contributed by atoms with Crippen molar-refractivity contribution in [2.24, 2.45) is 0 Å². The zero-order chi connectivity index (χ0) is 75.6. The van der Waals surface area contributed by atoms with Gasteiger partial charge in [0.2, 0.25) is 23.8 Å². The van der Waals surface area contributed by atoms with Crippen molar-refractivity contribution in [1.29, 1.82) is 0 Å². The quantitative estimate of drug-likeness (QED) is 0.0147. The standard InChI is InChI=1S/C26H28N8O3.C23H24N8O4.C23H26N8O2.2ClH.Sn/c1-4-24(35)28-18-6-5-7-20(16-18)37-26-31-25(30-23-10-11-27-34(23)26)29-21-9-8-19(17-22(21)36-3)33-14-12-32(2)13-15-33;1-28-10-12-29(13-11-28)16-6-7-19(20(15-16)34-2)25-22-26-21-8-9-24-30(21)23(27-22)35-18-5-3-4-17(14-18)31(32)33;1-29-10-12-30(13-11-29)17-6-7-19(20(15-17)32-2)26-22-27-21-8-9-25-31(21)23(28-22)33-18-5-3-4-16(24)14-18;;;/h4-11,16-17H,1,12-15H2,2-3H3,(H,28,35)(H,29,30);3-9,14-15H,10-13H2,1-2H3,(H,25,26);3-9,14-15H,10-13,24H2,1-2H3,(H,26,27);2*1H;/q;;;;;+2/p-2. The molecule has 1 amide bonds. The van der Waals surface area contributed by atoms with Crippen LogP contribution in [0.5, 0.6) is 52.5 Å². The molecule has 3 fully saturated rings. The Bertz CT molecular complexity index is 5090. The van der Waals surface area contributed by atoms with E-state index in [2.05, 4.69) is 136 Å². The summed E-state index contributed by atoms with van der Waals surface area (Å²) in [4.78, 5) is 63.4. The van der Waals surface area contributed by atoms with Crippen LogP contribution in [-0.4, -0.2) is 224 Å². The monoisotopic (exact) mass is 1610 g/mol. The zero-order valence-electron chi connectivity index (χ0n) is 59.9. The van der Waals surface area contributed by atoms with Gasteiger partial charge in [0.25, 0.3) is 5.69 Å². The van der Waals surface area contributed by atoms with Gasteiger partial charge < -0.3 is 84.8 Å². The Morgan fingerprint density at radius 1 is 0.491 bits per heavy atom. The number of carbonyl (C=O) groups excluding carboxylic acids is 1. The zero-order valence-corrected chi connectivity index (χ0v) is 64.2.